The molecule has 2 aromatic rings. The van der Waals surface area contributed by atoms with Crippen LogP contribution in [-0.4, -0.2) is 29.7 Å². The van der Waals surface area contributed by atoms with Gasteiger partial charge in [0.25, 0.3) is 0 Å². The Labute approximate surface area is 123 Å². The lowest BCUT2D eigenvalue weighted by Gasteiger charge is -2.07. The van der Waals surface area contributed by atoms with E-state index in [9.17, 15) is 21.6 Å². The van der Waals surface area contributed by atoms with E-state index in [4.69, 9.17) is 9.59 Å². The summed E-state index contributed by atoms with van der Waals surface area (Å²) in [4.78, 5) is 20.1. The van der Waals surface area contributed by atoms with E-state index in [1.807, 2.05) is 0 Å². The highest BCUT2D eigenvalue weighted by atomic mass is 32.2. The minimum Gasteiger partial charge on any atom is -0.290 e. The van der Waals surface area contributed by atoms with Crippen molar-refractivity contribution >= 4 is 21.6 Å². The van der Waals surface area contributed by atoms with E-state index in [1.165, 1.54) is 18.2 Å². The molecule has 0 unspecified atom stereocenters. The number of hydrogen-bond donors (Lipinski definition) is 0. The molecule has 10 heteroatoms. The number of aromatic nitrogens is 2. The molecule has 0 aromatic carbocycles. The molecular formula is C12H11F3N2O4S. The summed E-state index contributed by atoms with van der Waals surface area (Å²) >= 11 is 0. The van der Waals surface area contributed by atoms with Crippen molar-refractivity contribution in [1.29, 1.82) is 0 Å². The largest absolute Gasteiger partial charge is 0.416 e. The van der Waals surface area contributed by atoms with Gasteiger partial charge >= 0.3 is 12.3 Å². The van der Waals surface area contributed by atoms with Gasteiger partial charge in [0, 0.05) is 6.20 Å². The zero-order valence-electron chi connectivity index (χ0n) is 11.5. The zero-order valence-corrected chi connectivity index (χ0v) is 12.3. The number of fused-ring (bicyclic) bond motifs is 1. The van der Waals surface area contributed by atoms with Gasteiger partial charge in [0.1, 0.15) is 5.65 Å². The number of alkyl halides is 3. The second-order valence-corrected chi connectivity index (χ2v) is 6.32. The number of carbonyl (C=O) groups excluding carboxylic acids is 2. The van der Waals surface area contributed by atoms with Gasteiger partial charge in [-0.15, -0.1) is 0 Å². The van der Waals surface area contributed by atoms with Crippen LogP contribution in [0.15, 0.2) is 23.4 Å². The molecule has 0 N–H and O–H groups in total. The first kappa shape index (κ1) is 17.9. The van der Waals surface area contributed by atoms with E-state index in [0.29, 0.717) is 0 Å². The third kappa shape index (κ3) is 3.52. The van der Waals surface area contributed by atoms with Crippen LogP contribution in [0, 0.1) is 6.92 Å². The molecule has 0 aliphatic heterocycles. The normalized spacial score (nSPS) is 11.7. The van der Waals surface area contributed by atoms with E-state index in [2.05, 4.69) is 4.98 Å². The second-order valence-electron chi connectivity index (χ2n) is 4.13. The average Bonchev–Trinajstić information content (AvgIpc) is 2.74. The quantitative estimate of drug-likeness (QED) is 0.836. The Bertz CT molecular complexity index is 819. The number of imidazole rings is 1. The molecule has 0 fully saturated rings. The lowest BCUT2D eigenvalue weighted by atomic mass is 10.2. The SMILES string of the molecule is CCS(=O)(=O)c1c(C)nc2cc(C(F)(F)F)ccn12.O=C=O. The molecule has 6 nitrogen and oxygen atoms in total. The Kier molecular flexibility index (Phi) is 5.10. The molecule has 0 aliphatic rings. The van der Waals surface area contributed by atoms with Crippen molar-refractivity contribution in [3.05, 3.63) is 29.6 Å². The molecule has 0 saturated carbocycles. The minimum absolute atomic E-state index is 0.0284. The van der Waals surface area contributed by atoms with Crippen molar-refractivity contribution in [2.75, 3.05) is 5.75 Å². The lowest BCUT2D eigenvalue weighted by Crippen LogP contribution is -2.10. The van der Waals surface area contributed by atoms with E-state index in [0.717, 1.165) is 18.3 Å². The summed E-state index contributed by atoms with van der Waals surface area (Å²) in [7, 11) is -3.54. The van der Waals surface area contributed by atoms with Crippen molar-refractivity contribution < 1.29 is 31.2 Å². The Hall–Kier alpha value is -2.19. The number of sulfone groups is 1. The van der Waals surface area contributed by atoms with Crippen LogP contribution in [-0.2, 0) is 25.6 Å². The summed E-state index contributed by atoms with van der Waals surface area (Å²) in [5.41, 5.74) is -0.689. The van der Waals surface area contributed by atoms with Gasteiger partial charge in [-0.25, -0.2) is 13.4 Å². The number of aryl methyl sites for hydroxylation is 1. The molecule has 120 valence electrons. The molecule has 0 radical (unpaired) electrons. The van der Waals surface area contributed by atoms with Crippen LogP contribution in [0.3, 0.4) is 0 Å². The molecule has 0 atom stereocenters. The van der Waals surface area contributed by atoms with Crippen LogP contribution in [0.4, 0.5) is 13.2 Å². The third-order valence-electron chi connectivity index (χ3n) is 2.75. The Morgan fingerprint density at radius 2 is 1.86 bits per heavy atom. The highest BCUT2D eigenvalue weighted by Gasteiger charge is 2.31. The van der Waals surface area contributed by atoms with Crippen LogP contribution in [0.1, 0.15) is 18.2 Å². The Morgan fingerprint density at radius 1 is 1.32 bits per heavy atom. The van der Waals surface area contributed by atoms with Crippen LogP contribution >= 0.6 is 0 Å². The van der Waals surface area contributed by atoms with Crippen molar-refractivity contribution in [3.63, 3.8) is 0 Å². The van der Waals surface area contributed by atoms with Crippen LogP contribution < -0.4 is 0 Å². The maximum atomic E-state index is 12.6. The fourth-order valence-corrected chi connectivity index (χ4v) is 3.05. The molecule has 2 heterocycles. The number of rotatable bonds is 2. The van der Waals surface area contributed by atoms with Gasteiger partial charge < -0.3 is 0 Å². The first-order chi connectivity index (χ1) is 10.1. The Balaban J connectivity index is 0.000000745. The summed E-state index contributed by atoms with van der Waals surface area (Å²) < 4.78 is 62.7. The fourth-order valence-electron chi connectivity index (χ4n) is 1.83. The maximum Gasteiger partial charge on any atom is 0.416 e. The predicted molar refractivity (Wildman–Crippen MR) is 67.7 cm³/mol. The number of hydrogen-bond acceptors (Lipinski definition) is 5. The number of halogens is 3. The standard InChI is InChI=1S/C11H11F3N2O2S.CO2/c1-3-19(17,18)10-7(2)15-9-6-8(11(12,13)14)4-5-16(9)10;2-1-3/h4-6H,3H2,1-2H3;. The summed E-state index contributed by atoms with van der Waals surface area (Å²) in [6, 6.07) is 1.67. The third-order valence-corrected chi connectivity index (χ3v) is 4.59. The molecule has 2 rings (SSSR count). The summed E-state index contributed by atoms with van der Waals surface area (Å²) in [5, 5.41) is -0.0567. The molecule has 22 heavy (non-hydrogen) atoms. The summed E-state index contributed by atoms with van der Waals surface area (Å²) in [6.07, 6.45) is -3.15. The fraction of sp³-hybridized carbons (Fsp3) is 0.333. The van der Waals surface area contributed by atoms with Crippen LogP contribution in [0.2, 0.25) is 0 Å². The maximum absolute atomic E-state index is 12.6. The molecular weight excluding hydrogens is 325 g/mol. The van der Waals surface area contributed by atoms with E-state index < -0.39 is 21.6 Å². The van der Waals surface area contributed by atoms with Gasteiger partial charge in [0.05, 0.1) is 17.0 Å². The summed E-state index contributed by atoms with van der Waals surface area (Å²) in [6.45, 7) is 2.93. The Morgan fingerprint density at radius 3 is 2.32 bits per heavy atom. The molecule has 0 bridgehead atoms. The molecule has 2 aromatic heterocycles. The van der Waals surface area contributed by atoms with Crippen LogP contribution in [0.5, 0.6) is 0 Å². The monoisotopic (exact) mass is 336 g/mol. The van der Waals surface area contributed by atoms with Gasteiger partial charge in [-0.05, 0) is 19.1 Å². The van der Waals surface area contributed by atoms with Crippen molar-refractivity contribution in [1.82, 2.24) is 9.38 Å². The van der Waals surface area contributed by atoms with Gasteiger partial charge in [0.2, 0.25) is 0 Å². The smallest absolute Gasteiger partial charge is 0.290 e. The van der Waals surface area contributed by atoms with Crippen molar-refractivity contribution in [2.24, 2.45) is 0 Å². The van der Waals surface area contributed by atoms with E-state index >= 15 is 0 Å². The average molecular weight is 336 g/mol. The minimum atomic E-state index is -4.48. The van der Waals surface area contributed by atoms with Gasteiger partial charge in [-0.3, -0.25) is 4.40 Å². The van der Waals surface area contributed by atoms with Crippen molar-refractivity contribution in [2.45, 2.75) is 25.0 Å². The highest BCUT2D eigenvalue weighted by molar-refractivity contribution is 7.91. The summed E-state index contributed by atoms with van der Waals surface area (Å²) in [5.74, 6) is -0.136. The first-order valence-electron chi connectivity index (χ1n) is 5.86. The molecule has 0 saturated heterocycles. The van der Waals surface area contributed by atoms with Crippen molar-refractivity contribution in [3.8, 4) is 0 Å². The van der Waals surface area contributed by atoms with Gasteiger partial charge in [-0.1, -0.05) is 6.92 Å². The van der Waals surface area contributed by atoms with Gasteiger partial charge in [0.15, 0.2) is 14.9 Å². The molecule has 0 spiro atoms. The lowest BCUT2D eigenvalue weighted by molar-refractivity contribution is -0.191. The molecule has 0 aliphatic carbocycles. The highest BCUT2D eigenvalue weighted by Crippen LogP contribution is 2.30. The zero-order chi connectivity index (χ0) is 17.1. The first-order valence-corrected chi connectivity index (χ1v) is 7.51. The van der Waals surface area contributed by atoms with E-state index in [1.54, 1.807) is 0 Å². The van der Waals surface area contributed by atoms with E-state index in [-0.39, 0.29) is 28.3 Å². The predicted octanol–water partition coefficient (Wildman–Crippen LogP) is 1.87. The van der Waals surface area contributed by atoms with Crippen LogP contribution in [0.25, 0.3) is 5.65 Å². The topological polar surface area (TPSA) is 85.6 Å². The molecule has 0 amide bonds. The van der Waals surface area contributed by atoms with Gasteiger partial charge in [-0.2, -0.15) is 22.8 Å². The second kappa shape index (κ2) is 6.29. The number of nitrogens with zero attached hydrogens (tertiary/aromatic N) is 2. The number of pyridine rings is 1.